The van der Waals surface area contributed by atoms with E-state index >= 15 is 0 Å². The first-order valence-electron chi connectivity index (χ1n) is 11.9. The van der Waals surface area contributed by atoms with Crippen molar-refractivity contribution < 1.29 is 14.3 Å². The number of fused-ring (bicyclic) bond motifs is 1. The van der Waals surface area contributed by atoms with Crippen LogP contribution in [0.5, 0.6) is 0 Å². The zero-order chi connectivity index (χ0) is 24.2. The third kappa shape index (κ3) is 5.14. The zero-order valence-corrected chi connectivity index (χ0v) is 20.2. The van der Waals surface area contributed by atoms with E-state index in [0.29, 0.717) is 31.2 Å². The first kappa shape index (κ1) is 24.0. The lowest BCUT2D eigenvalue weighted by Gasteiger charge is -2.32. The van der Waals surface area contributed by atoms with E-state index in [2.05, 4.69) is 40.5 Å². The maximum Gasteiger partial charge on any atom is 0.255 e. The molecule has 0 saturated carbocycles. The maximum atomic E-state index is 13.0. The van der Waals surface area contributed by atoms with Crippen LogP contribution in [0.3, 0.4) is 0 Å². The van der Waals surface area contributed by atoms with Crippen molar-refractivity contribution in [2.45, 2.75) is 51.1 Å². The first-order chi connectivity index (χ1) is 16.4. The molecule has 0 spiro atoms. The van der Waals surface area contributed by atoms with Crippen LogP contribution in [0.2, 0.25) is 0 Å². The van der Waals surface area contributed by atoms with Gasteiger partial charge in [-0.05, 0) is 67.5 Å². The quantitative estimate of drug-likeness (QED) is 0.397. The van der Waals surface area contributed by atoms with Crippen molar-refractivity contribution >= 4 is 17.7 Å². The highest BCUT2D eigenvalue weighted by molar-refractivity contribution is 6.01. The van der Waals surface area contributed by atoms with Gasteiger partial charge in [0.1, 0.15) is 6.04 Å². The van der Waals surface area contributed by atoms with E-state index in [9.17, 15) is 9.59 Å². The number of amides is 2. The summed E-state index contributed by atoms with van der Waals surface area (Å²) in [4.78, 5) is 33.9. The molecule has 7 heteroatoms. The molecule has 7 nitrogen and oxygen atoms in total. The molecule has 1 aromatic rings. The lowest BCUT2D eigenvalue weighted by Crippen LogP contribution is -2.49. The topological polar surface area (TPSA) is 74.2 Å². The highest BCUT2D eigenvalue weighted by atomic mass is 16.5. The fourth-order valence-corrected chi connectivity index (χ4v) is 5.00. The SMILES string of the molecule is C=C/C(=C\N=C(/C)OC)CN1CCC(c2ccc3c(c2)CN(C2CCC(=C)NC2=O)C3=O)CC1. The Morgan fingerprint density at radius 2 is 2.03 bits per heavy atom. The maximum absolute atomic E-state index is 13.0. The molecule has 180 valence electrons. The van der Waals surface area contributed by atoms with Gasteiger partial charge in [0, 0.05) is 37.5 Å². The number of piperidine rings is 2. The van der Waals surface area contributed by atoms with Crippen LogP contribution < -0.4 is 5.32 Å². The molecule has 2 fully saturated rings. The van der Waals surface area contributed by atoms with Crippen molar-refractivity contribution in [3.8, 4) is 0 Å². The van der Waals surface area contributed by atoms with E-state index in [0.717, 1.165) is 54.9 Å². The van der Waals surface area contributed by atoms with Crippen molar-refractivity contribution in [3.63, 3.8) is 0 Å². The van der Waals surface area contributed by atoms with Gasteiger partial charge in [0.25, 0.3) is 5.91 Å². The zero-order valence-electron chi connectivity index (χ0n) is 20.2. The number of hydrogen-bond donors (Lipinski definition) is 1. The fraction of sp³-hybridized carbons (Fsp3) is 0.444. The van der Waals surface area contributed by atoms with Crippen LogP contribution in [0, 0.1) is 0 Å². The molecule has 1 aromatic carbocycles. The highest BCUT2D eigenvalue weighted by Crippen LogP contribution is 2.34. The van der Waals surface area contributed by atoms with Crippen LogP contribution in [0.1, 0.15) is 60.0 Å². The minimum atomic E-state index is -0.416. The molecule has 0 aliphatic carbocycles. The van der Waals surface area contributed by atoms with Crippen LogP contribution in [0.4, 0.5) is 0 Å². The summed E-state index contributed by atoms with van der Waals surface area (Å²) < 4.78 is 5.10. The number of rotatable bonds is 6. The van der Waals surface area contributed by atoms with Gasteiger partial charge in [0.15, 0.2) is 5.90 Å². The Bertz CT molecular complexity index is 1050. The number of ether oxygens (including phenoxy) is 1. The number of carbonyl (C=O) groups is 2. The number of nitrogens with zero attached hydrogens (tertiary/aromatic N) is 3. The largest absolute Gasteiger partial charge is 0.484 e. The normalized spacial score (nSPS) is 22.6. The second-order valence-electron chi connectivity index (χ2n) is 9.31. The second kappa shape index (κ2) is 10.4. The number of nitrogens with one attached hydrogen (secondary N) is 1. The first-order valence-corrected chi connectivity index (χ1v) is 11.9. The van der Waals surface area contributed by atoms with E-state index in [1.165, 1.54) is 5.56 Å². The number of benzene rings is 1. The smallest absolute Gasteiger partial charge is 0.255 e. The third-order valence-electron chi connectivity index (χ3n) is 7.09. The molecule has 3 heterocycles. The van der Waals surface area contributed by atoms with Crippen LogP contribution in [0.15, 0.2) is 59.9 Å². The molecule has 4 rings (SSSR count). The monoisotopic (exact) mass is 462 g/mol. The Balaban J connectivity index is 1.37. The van der Waals surface area contributed by atoms with Gasteiger partial charge < -0.3 is 15.0 Å². The highest BCUT2D eigenvalue weighted by Gasteiger charge is 2.38. The number of likely N-dealkylation sites (tertiary alicyclic amines) is 1. The van der Waals surface area contributed by atoms with Gasteiger partial charge in [-0.1, -0.05) is 31.4 Å². The Morgan fingerprint density at radius 3 is 2.71 bits per heavy atom. The van der Waals surface area contributed by atoms with E-state index in [1.807, 2.05) is 25.3 Å². The van der Waals surface area contributed by atoms with Crippen LogP contribution in [0.25, 0.3) is 0 Å². The molecule has 3 aliphatic rings. The molecule has 0 radical (unpaired) electrons. The van der Waals surface area contributed by atoms with Crippen LogP contribution >= 0.6 is 0 Å². The Kier molecular flexibility index (Phi) is 7.32. The van der Waals surface area contributed by atoms with Crippen LogP contribution in [-0.4, -0.2) is 60.3 Å². The molecule has 0 bridgehead atoms. The number of hydrogen-bond acceptors (Lipinski definition) is 5. The standard InChI is InChI=1S/C27H34N4O3/c1-5-20(15-28-19(3)34-4)16-30-12-10-21(11-13-30)22-7-8-24-23(14-22)17-31(27(24)33)25-9-6-18(2)29-26(25)32/h5,7-8,14-15,21,25H,1-2,6,9-13,16-17H2,3-4H3,(H,29,32)/b20-15+,28-19+. The molecule has 2 saturated heterocycles. The summed E-state index contributed by atoms with van der Waals surface area (Å²) >= 11 is 0. The molecular formula is C27H34N4O3. The average molecular weight is 463 g/mol. The predicted octanol–water partition coefficient (Wildman–Crippen LogP) is 3.75. The third-order valence-corrected chi connectivity index (χ3v) is 7.09. The number of methoxy groups -OCH3 is 1. The number of allylic oxidation sites excluding steroid dienone is 1. The van der Waals surface area contributed by atoms with Gasteiger partial charge in [-0.25, -0.2) is 4.99 Å². The summed E-state index contributed by atoms with van der Waals surface area (Å²) in [5.41, 5.74) is 4.85. The van der Waals surface area contributed by atoms with Gasteiger partial charge in [-0.3, -0.25) is 14.5 Å². The van der Waals surface area contributed by atoms with Crippen molar-refractivity contribution in [1.82, 2.24) is 15.1 Å². The molecule has 1 N–H and O–H groups in total. The van der Waals surface area contributed by atoms with Gasteiger partial charge in [-0.2, -0.15) is 0 Å². The predicted molar refractivity (Wildman–Crippen MR) is 133 cm³/mol. The number of carbonyl (C=O) groups excluding carboxylic acids is 2. The molecule has 1 unspecified atom stereocenters. The van der Waals surface area contributed by atoms with Crippen LogP contribution in [-0.2, 0) is 16.1 Å². The number of aliphatic imine (C=N–C) groups is 1. The van der Waals surface area contributed by atoms with Gasteiger partial charge in [0.05, 0.1) is 7.11 Å². The van der Waals surface area contributed by atoms with E-state index in [1.54, 1.807) is 12.0 Å². The summed E-state index contributed by atoms with van der Waals surface area (Å²) in [6.07, 6.45) is 7.14. The Labute approximate surface area is 201 Å². The summed E-state index contributed by atoms with van der Waals surface area (Å²) in [6, 6.07) is 5.82. The average Bonchev–Trinajstić information content (AvgIpc) is 3.17. The summed E-state index contributed by atoms with van der Waals surface area (Å²) in [7, 11) is 1.61. The molecule has 2 amide bonds. The lowest BCUT2D eigenvalue weighted by atomic mass is 9.87. The molecule has 3 aliphatic heterocycles. The minimum Gasteiger partial charge on any atom is -0.484 e. The molecular weight excluding hydrogens is 428 g/mol. The van der Waals surface area contributed by atoms with Crippen molar-refractivity contribution in [1.29, 1.82) is 0 Å². The van der Waals surface area contributed by atoms with Crippen molar-refractivity contribution in [2.75, 3.05) is 26.7 Å². The van der Waals surface area contributed by atoms with Gasteiger partial charge >= 0.3 is 0 Å². The van der Waals surface area contributed by atoms with E-state index in [4.69, 9.17) is 4.74 Å². The van der Waals surface area contributed by atoms with Gasteiger partial charge in [0.2, 0.25) is 5.91 Å². The Morgan fingerprint density at radius 1 is 1.26 bits per heavy atom. The fourth-order valence-electron chi connectivity index (χ4n) is 5.00. The Hall–Kier alpha value is -3.19. The lowest BCUT2D eigenvalue weighted by molar-refractivity contribution is -0.126. The molecule has 0 aromatic heterocycles. The summed E-state index contributed by atoms with van der Waals surface area (Å²) in [5.74, 6) is 0.929. The minimum absolute atomic E-state index is 0.0425. The van der Waals surface area contributed by atoms with Gasteiger partial charge in [-0.15, -0.1) is 0 Å². The summed E-state index contributed by atoms with van der Waals surface area (Å²) in [6.45, 7) is 12.9. The van der Waals surface area contributed by atoms with Crippen molar-refractivity contribution in [2.24, 2.45) is 4.99 Å². The van der Waals surface area contributed by atoms with Crippen molar-refractivity contribution in [3.05, 3.63) is 71.6 Å². The molecule has 1 atom stereocenters. The molecule has 34 heavy (non-hydrogen) atoms. The van der Waals surface area contributed by atoms with E-state index in [-0.39, 0.29) is 11.8 Å². The summed E-state index contributed by atoms with van der Waals surface area (Å²) in [5, 5.41) is 2.80. The van der Waals surface area contributed by atoms with E-state index < -0.39 is 6.04 Å². The second-order valence-corrected chi connectivity index (χ2v) is 9.31.